The van der Waals surface area contributed by atoms with Gasteiger partial charge in [-0.25, -0.2) is 0 Å². The van der Waals surface area contributed by atoms with Gasteiger partial charge in [0.05, 0.1) is 6.61 Å². The quantitative estimate of drug-likeness (QED) is 0.175. The average molecular weight is 457 g/mol. The summed E-state index contributed by atoms with van der Waals surface area (Å²) in [5, 5.41) is 0. The van der Waals surface area contributed by atoms with Gasteiger partial charge in [0.1, 0.15) is 0 Å². The third-order valence-corrected chi connectivity index (χ3v) is 7.34. The summed E-state index contributed by atoms with van der Waals surface area (Å²) in [6.07, 6.45) is 19.1. The molecule has 1 atom stereocenters. The van der Waals surface area contributed by atoms with E-state index in [1.807, 2.05) is 13.8 Å². The van der Waals surface area contributed by atoms with Crippen molar-refractivity contribution in [1.82, 2.24) is 0 Å². The molecule has 1 aliphatic rings. The van der Waals surface area contributed by atoms with E-state index < -0.39 is 0 Å². The van der Waals surface area contributed by atoms with Gasteiger partial charge in [0.2, 0.25) is 0 Å². The Kier molecular flexibility index (Phi) is 12.8. The van der Waals surface area contributed by atoms with Crippen LogP contribution in [0.2, 0.25) is 0 Å². The number of hydrogen-bond acceptors (Lipinski definition) is 3. The van der Waals surface area contributed by atoms with Crippen LogP contribution in [-0.2, 0) is 22.4 Å². The third-order valence-electron chi connectivity index (χ3n) is 7.34. The Hall–Kier alpha value is -1.64. The third kappa shape index (κ3) is 9.26. The molecular weight excluding hydrogens is 408 g/mol. The second-order valence-electron chi connectivity index (χ2n) is 10.3. The summed E-state index contributed by atoms with van der Waals surface area (Å²) in [5.74, 6) is 0.272. The van der Waals surface area contributed by atoms with Crippen molar-refractivity contribution < 1.29 is 14.3 Å². The molecule has 33 heavy (non-hydrogen) atoms. The first-order valence-electron chi connectivity index (χ1n) is 13.8. The number of fused-ring (bicyclic) bond motifs is 1. The zero-order valence-corrected chi connectivity index (χ0v) is 21.9. The fourth-order valence-corrected chi connectivity index (χ4v) is 5.29. The summed E-state index contributed by atoms with van der Waals surface area (Å²) in [5.41, 5.74) is 5.57. The molecule has 1 aromatic carbocycles. The Balaban J connectivity index is 1.51. The number of Topliss-reactive ketones (excluding diaryl/α,β-unsaturated/α-hetero) is 1. The van der Waals surface area contributed by atoms with Crippen LogP contribution in [0.15, 0.2) is 6.07 Å². The number of benzene rings is 1. The predicted molar refractivity (Wildman–Crippen MR) is 138 cm³/mol. The van der Waals surface area contributed by atoms with Crippen LogP contribution in [-0.4, -0.2) is 18.4 Å². The second-order valence-corrected chi connectivity index (χ2v) is 10.3. The Bertz CT molecular complexity index is 749. The van der Waals surface area contributed by atoms with Crippen molar-refractivity contribution in [2.45, 2.75) is 130 Å². The van der Waals surface area contributed by atoms with Crippen LogP contribution in [0.3, 0.4) is 0 Å². The molecule has 0 amide bonds. The zero-order chi connectivity index (χ0) is 24.1. The highest BCUT2D eigenvalue weighted by Crippen LogP contribution is 2.33. The maximum Gasteiger partial charge on any atom is 0.305 e. The molecule has 3 heteroatoms. The Morgan fingerprint density at radius 3 is 2.03 bits per heavy atom. The van der Waals surface area contributed by atoms with Gasteiger partial charge in [0.25, 0.3) is 0 Å². The molecule has 0 radical (unpaired) electrons. The maximum absolute atomic E-state index is 12.5. The molecule has 186 valence electrons. The van der Waals surface area contributed by atoms with Crippen LogP contribution < -0.4 is 0 Å². The van der Waals surface area contributed by atoms with Crippen LogP contribution in [0.1, 0.15) is 136 Å². The van der Waals surface area contributed by atoms with E-state index in [0.29, 0.717) is 19.4 Å². The van der Waals surface area contributed by atoms with Crippen molar-refractivity contribution in [2.24, 2.45) is 5.92 Å². The fourth-order valence-electron chi connectivity index (χ4n) is 5.29. The van der Waals surface area contributed by atoms with E-state index in [1.54, 1.807) is 0 Å². The van der Waals surface area contributed by atoms with Gasteiger partial charge in [-0.3, -0.25) is 9.59 Å². The summed E-state index contributed by atoms with van der Waals surface area (Å²) in [6.45, 7) is 8.83. The van der Waals surface area contributed by atoms with Gasteiger partial charge in [-0.05, 0) is 48.9 Å². The second kappa shape index (κ2) is 15.3. The standard InChI is InChI=1S/C30H48O3/c1-5-6-7-8-9-10-11-12-13-14-15-16-17-18-28(31)33-20-19-27-23(2)21-26-22-24(3)30(32)29(26)25(27)4/h21,24H,5-20,22H2,1-4H3. The van der Waals surface area contributed by atoms with E-state index in [-0.39, 0.29) is 17.7 Å². The number of carbonyl (C=O) groups excluding carboxylic acids is 2. The number of ether oxygens (including phenoxy) is 1. The van der Waals surface area contributed by atoms with Gasteiger partial charge < -0.3 is 4.74 Å². The van der Waals surface area contributed by atoms with Gasteiger partial charge in [-0.15, -0.1) is 0 Å². The van der Waals surface area contributed by atoms with Gasteiger partial charge >= 0.3 is 5.97 Å². The lowest BCUT2D eigenvalue weighted by atomic mass is 9.92. The van der Waals surface area contributed by atoms with Crippen molar-refractivity contribution in [2.75, 3.05) is 6.61 Å². The molecule has 1 aliphatic carbocycles. The monoisotopic (exact) mass is 456 g/mol. The largest absolute Gasteiger partial charge is 0.465 e. The van der Waals surface area contributed by atoms with E-state index in [4.69, 9.17) is 4.74 Å². The number of ketones is 1. The van der Waals surface area contributed by atoms with E-state index in [2.05, 4.69) is 19.9 Å². The molecule has 0 aliphatic heterocycles. The van der Waals surface area contributed by atoms with E-state index in [9.17, 15) is 9.59 Å². The average Bonchev–Trinajstić information content (AvgIpc) is 3.06. The first-order chi connectivity index (χ1) is 16.0. The van der Waals surface area contributed by atoms with Crippen LogP contribution in [0.25, 0.3) is 0 Å². The first-order valence-corrected chi connectivity index (χ1v) is 13.8. The summed E-state index contributed by atoms with van der Waals surface area (Å²) in [4.78, 5) is 24.6. The lowest BCUT2D eigenvalue weighted by molar-refractivity contribution is -0.143. The van der Waals surface area contributed by atoms with E-state index in [0.717, 1.165) is 30.4 Å². The first kappa shape index (κ1) is 27.6. The number of esters is 1. The van der Waals surface area contributed by atoms with Gasteiger partial charge in [-0.1, -0.05) is 97.0 Å². The smallest absolute Gasteiger partial charge is 0.305 e. The molecule has 3 nitrogen and oxygen atoms in total. The summed E-state index contributed by atoms with van der Waals surface area (Å²) < 4.78 is 5.51. The number of carbonyl (C=O) groups is 2. The molecule has 1 unspecified atom stereocenters. The number of hydrogen-bond donors (Lipinski definition) is 0. The topological polar surface area (TPSA) is 43.4 Å². The number of rotatable bonds is 17. The normalized spacial score (nSPS) is 15.2. The van der Waals surface area contributed by atoms with Crippen LogP contribution >= 0.6 is 0 Å². The molecule has 2 rings (SSSR count). The minimum Gasteiger partial charge on any atom is -0.465 e. The molecule has 0 bridgehead atoms. The lowest BCUT2D eigenvalue weighted by Crippen LogP contribution is -2.11. The van der Waals surface area contributed by atoms with Crippen molar-refractivity contribution in [1.29, 1.82) is 0 Å². The zero-order valence-electron chi connectivity index (χ0n) is 21.9. The molecule has 0 saturated heterocycles. The van der Waals surface area contributed by atoms with E-state index >= 15 is 0 Å². The van der Waals surface area contributed by atoms with Crippen molar-refractivity contribution >= 4 is 11.8 Å². The summed E-state index contributed by atoms with van der Waals surface area (Å²) in [6, 6.07) is 2.16. The summed E-state index contributed by atoms with van der Waals surface area (Å²) in [7, 11) is 0. The molecule has 0 spiro atoms. The molecule has 0 fully saturated rings. The van der Waals surface area contributed by atoms with Crippen molar-refractivity contribution in [3.8, 4) is 0 Å². The van der Waals surface area contributed by atoms with Crippen molar-refractivity contribution in [3.05, 3.63) is 33.9 Å². The van der Waals surface area contributed by atoms with Gasteiger partial charge in [-0.2, -0.15) is 0 Å². The van der Waals surface area contributed by atoms with Crippen LogP contribution in [0.4, 0.5) is 0 Å². The molecule has 0 N–H and O–H groups in total. The van der Waals surface area contributed by atoms with Crippen LogP contribution in [0.5, 0.6) is 0 Å². The minimum atomic E-state index is -0.0840. The van der Waals surface area contributed by atoms with Crippen molar-refractivity contribution in [3.63, 3.8) is 0 Å². The molecule has 0 heterocycles. The van der Waals surface area contributed by atoms with Crippen LogP contribution in [0, 0.1) is 19.8 Å². The van der Waals surface area contributed by atoms with Gasteiger partial charge in [0, 0.05) is 24.3 Å². The number of aryl methyl sites for hydroxylation is 1. The SMILES string of the molecule is CCCCCCCCCCCCCCCC(=O)OCCc1c(C)cc2c(c1C)C(=O)C(C)C2. The minimum absolute atomic E-state index is 0.0840. The Morgan fingerprint density at radius 1 is 0.909 bits per heavy atom. The maximum atomic E-state index is 12.5. The Labute approximate surface area is 203 Å². The molecule has 0 aromatic heterocycles. The molecule has 0 saturated carbocycles. The highest BCUT2D eigenvalue weighted by Gasteiger charge is 2.30. The van der Waals surface area contributed by atoms with E-state index in [1.165, 1.54) is 87.3 Å². The lowest BCUT2D eigenvalue weighted by Gasteiger charge is -2.14. The predicted octanol–water partition coefficient (Wildman–Crippen LogP) is 8.25. The highest BCUT2D eigenvalue weighted by molar-refractivity contribution is 6.03. The molecular formula is C30H48O3. The molecule has 1 aromatic rings. The fraction of sp³-hybridized carbons (Fsp3) is 0.733. The van der Waals surface area contributed by atoms with Gasteiger partial charge in [0.15, 0.2) is 5.78 Å². The summed E-state index contributed by atoms with van der Waals surface area (Å²) >= 11 is 0. The highest BCUT2D eigenvalue weighted by atomic mass is 16.5. The number of unbranched alkanes of at least 4 members (excludes halogenated alkanes) is 12. The Morgan fingerprint density at radius 2 is 1.45 bits per heavy atom.